The first-order valence-corrected chi connectivity index (χ1v) is 7.78. The van der Waals surface area contributed by atoms with E-state index in [-0.39, 0.29) is 0 Å². The summed E-state index contributed by atoms with van der Waals surface area (Å²) in [6.07, 6.45) is 7.53. The van der Waals surface area contributed by atoms with E-state index in [1.54, 1.807) is 14.2 Å². The molecule has 1 atom stereocenters. The first-order chi connectivity index (χ1) is 8.36. The Hall–Kier alpha value is 0.270. The molecule has 0 aromatic carbocycles. The Kier molecular flexibility index (Phi) is 9.21. The van der Waals surface area contributed by atoms with Crippen LogP contribution in [-0.4, -0.2) is 46.3 Å². The number of rotatable bonds is 9. The lowest BCUT2D eigenvalue weighted by atomic mass is 9.98. The molecule has 0 spiro atoms. The summed E-state index contributed by atoms with van der Waals surface area (Å²) in [6.45, 7) is 1.93. The minimum absolute atomic E-state index is 0.397. The molecule has 1 unspecified atom stereocenters. The largest absolute Gasteiger partial charge is 0.384 e. The predicted octanol–water partition coefficient (Wildman–Crippen LogP) is 2.96. The number of methoxy groups -OCH3 is 2. The molecule has 1 aliphatic rings. The standard InChI is InChI=1S/C12H25O4P/c1-13-8-9-15-17(11-10-14-2)16-12-6-4-3-5-7-12/h12H,3-11H2,1-2H3. The van der Waals surface area contributed by atoms with Crippen LogP contribution in [0.4, 0.5) is 0 Å². The van der Waals surface area contributed by atoms with E-state index in [9.17, 15) is 0 Å². The van der Waals surface area contributed by atoms with Gasteiger partial charge in [0.15, 0.2) is 8.38 Å². The van der Waals surface area contributed by atoms with E-state index in [1.165, 1.54) is 32.1 Å². The number of hydrogen-bond donors (Lipinski definition) is 0. The van der Waals surface area contributed by atoms with Crippen molar-refractivity contribution in [2.75, 3.05) is 40.2 Å². The second-order valence-electron chi connectivity index (χ2n) is 4.24. The summed E-state index contributed by atoms with van der Waals surface area (Å²) in [5, 5.41) is 0. The van der Waals surface area contributed by atoms with Gasteiger partial charge in [0.1, 0.15) is 0 Å². The smallest absolute Gasteiger partial charge is 0.173 e. The maximum atomic E-state index is 6.05. The zero-order valence-electron chi connectivity index (χ0n) is 11.0. The van der Waals surface area contributed by atoms with Gasteiger partial charge >= 0.3 is 0 Å². The maximum absolute atomic E-state index is 6.05. The molecule has 1 saturated carbocycles. The molecule has 5 heteroatoms. The van der Waals surface area contributed by atoms with Crippen molar-refractivity contribution in [3.05, 3.63) is 0 Å². The predicted molar refractivity (Wildman–Crippen MR) is 69.4 cm³/mol. The second-order valence-corrected chi connectivity index (χ2v) is 5.82. The third-order valence-electron chi connectivity index (χ3n) is 2.82. The van der Waals surface area contributed by atoms with Crippen molar-refractivity contribution in [2.24, 2.45) is 0 Å². The first kappa shape index (κ1) is 15.3. The molecule has 1 rings (SSSR count). The quantitative estimate of drug-likeness (QED) is 0.474. The van der Waals surface area contributed by atoms with Crippen LogP contribution in [0.15, 0.2) is 0 Å². The van der Waals surface area contributed by atoms with Gasteiger partial charge in [0.25, 0.3) is 0 Å². The highest BCUT2D eigenvalue weighted by molar-refractivity contribution is 7.47. The molecule has 0 aromatic rings. The van der Waals surface area contributed by atoms with Gasteiger partial charge in [-0.25, -0.2) is 0 Å². The normalized spacial score (nSPS) is 19.4. The van der Waals surface area contributed by atoms with Crippen LogP contribution in [0.5, 0.6) is 0 Å². The van der Waals surface area contributed by atoms with Gasteiger partial charge < -0.3 is 18.5 Å². The van der Waals surface area contributed by atoms with Crippen LogP contribution in [0, 0.1) is 0 Å². The Labute approximate surface area is 106 Å². The molecule has 0 bridgehead atoms. The van der Waals surface area contributed by atoms with Gasteiger partial charge in [-0.15, -0.1) is 0 Å². The third-order valence-corrected chi connectivity index (χ3v) is 4.37. The van der Waals surface area contributed by atoms with Crippen LogP contribution in [0.3, 0.4) is 0 Å². The van der Waals surface area contributed by atoms with Gasteiger partial charge in [-0.1, -0.05) is 19.3 Å². The maximum Gasteiger partial charge on any atom is 0.173 e. The monoisotopic (exact) mass is 264 g/mol. The van der Waals surface area contributed by atoms with Crippen molar-refractivity contribution in [2.45, 2.75) is 38.2 Å². The molecule has 0 saturated heterocycles. The Morgan fingerprint density at radius 3 is 2.29 bits per heavy atom. The van der Waals surface area contributed by atoms with Crippen molar-refractivity contribution in [3.8, 4) is 0 Å². The van der Waals surface area contributed by atoms with Crippen molar-refractivity contribution in [1.29, 1.82) is 0 Å². The summed E-state index contributed by atoms with van der Waals surface area (Å²) in [4.78, 5) is 0. The van der Waals surface area contributed by atoms with Crippen LogP contribution < -0.4 is 0 Å². The van der Waals surface area contributed by atoms with Crippen molar-refractivity contribution >= 4 is 8.38 Å². The van der Waals surface area contributed by atoms with E-state index in [2.05, 4.69) is 0 Å². The number of hydrogen-bond acceptors (Lipinski definition) is 4. The highest BCUT2D eigenvalue weighted by atomic mass is 31.2. The number of ether oxygens (including phenoxy) is 2. The molecule has 0 aromatic heterocycles. The van der Waals surface area contributed by atoms with Crippen LogP contribution in [0.1, 0.15) is 32.1 Å². The minimum atomic E-state index is -0.806. The average Bonchev–Trinajstić information content (AvgIpc) is 2.37. The fourth-order valence-corrected chi connectivity index (χ4v) is 3.32. The molecular formula is C12H25O4P. The molecule has 17 heavy (non-hydrogen) atoms. The van der Waals surface area contributed by atoms with Gasteiger partial charge in [0, 0.05) is 20.4 Å². The summed E-state index contributed by atoms with van der Waals surface area (Å²) in [7, 11) is 2.59. The van der Waals surface area contributed by atoms with Crippen LogP contribution >= 0.6 is 8.38 Å². The summed E-state index contributed by atoms with van der Waals surface area (Å²) in [5.41, 5.74) is 0. The topological polar surface area (TPSA) is 36.9 Å². The van der Waals surface area contributed by atoms with E-state index in [1.807, 2.05) is 0 Å². The molecule has 102 valence electrons. The highest BCUT2D eigenvalue weighted by Gasteiger charge is 2.20. The Balaban J connectivity index is 2.22. The van der Waals surface area contributed by atoms with Gasteiger partial charge in [-0.2, -0.15) is 0 Å². The van der Waals surface area contributed by atoms with Crippen LogP contribution in [0.2, 0.25) is 0 Å². The molecule has 1 aliphatic carbocycles. The fraction of sp³-hybridized carbons (Fsp3) is 1.00. The zero-order chi connectivity index (χ0) is 12.3. The minimum Gasteiger partial charge on any atom is -0.384 e. The van der Waals surface area contributed by atoms with Gasteiger partial charge in [-0.05, 0) is 12.8 Å². The van der Waals surface area contributed by atoms with E-state index in [0.717, 1.165) is 6.16 Å². The summed E-state index contributed by atoms with van der Waals surface area (Å²) in [6, 6.07) is 0. The molecule has 0 aliphatic heterocycles. The SMILES string of the molecule is COCCOP(CCOC)OC1CCCCC1. The lowest BCUT2D eigenvalue weighted by molar-refractivity contribution is 0.111. The Morgan fingerprint density at radius 2 is 1.65 bits per heavy atom. The van der Waals surface area contributed by atoms with E-state index in [0.29, 0.717) is 25.9 Å². The average molecular weight is 264 g/mol. The molecule has 0 amide bonds. The molecule has 0 N–H and O–H groups in total. The molecular weight excluding hydrogens is 239 g/mol. The van der Waals surface area contributed by atoms with Gasteiger partial charge in [-0.3, -0.25) is 0 Å². The van der Waals surface area contributed by atoms with Crippen LogP contribution in [0.25, 0.3) is 0 Å². The van der Waals surface area contributed by atoms with E-state index in [4.69, 9.17) is 18.5 Å². The lowest BCUT2D eigenvalue weighted by Gasteiger charge is -2.26. The van der Waals surface area contributed by atoms with Gasteiger partial charge in [0.2, 0.25) is 0 Å². The van der Waals surface area contributed by atoms with E-state index >= 15 is 0 Å². The third kappa shape index (κ3) is 7.32. The fourth-order valence-electron chi connectivity index (χ4n) is 1.87. The molecule has 0 heterocycles. The van der Waals surface area contributed by atoms with Crippen molar-refractivity contribution < 1.29 is 18.5 Å². The Bertz CT molecular complexity index is 174. The molecule has 4 nitrogen and oxygen atoms in total. The van der Waals surface area contributed by atoms with Crippen LogP contribution in [-0.2, 0) is 18.5 Å². The summed E-state index contributed by atoms with van der Waals surface area (Å²) in [5.74, 6) is 0. The van der Waals surface area contributed by atoms with Crippen molar-refractivity contribution in [1.82, 2.24) is 0 Å². The lowest BCUT2D eigenvalue weighted by Crippen LogP contribution is -2.16. The van der Waals surface area contributed by atoms with Gasteiger partial charge in [0.05, 0.1) is 25.9 Å². The zero-order valence-corrected chi connectivity index (χ0v) is 11.9. The van der Waals surface area contributed by atoms with Crippen molar-refractivity contribution in [3.63, 3.8) is 0 Å². The Morgan fingerprint density at radius 1 is 0.941 bits per heavy atom. The van der Waals surface area contributed by atoms with E-state index < -0.39 is 8.38 Å². The molecule has 0 radical (unpaired) electrons. The highest BCUT2D eigenvalue weighted by Crippen LogP contribution is 2.42. The summed E-state index contributed by atoms with van der Waals surface area (Å²) < 4.78 is 21.9. The molecule has 1 fully saturated rings. The summed E-state index contributed by atoms with van der Waals surface area (Å²) >= 11 is 0. The second kappa shape index (κ2) is 10.2. The first-order valence-electron chi connectivity index (χ1n) is 6.42.